The van der Waals surface area contributed by atoms with Gasteiger partial charge in [0.2, 0.25) is 0 Å². The van der Waals surface area contributed by atoms with Gasteiger partial charge in [0.1, 0.15) is 23.6 Å². The Labute approximate surface area is 156 Å². The zero-order chi connectivity index (χ0) is 18.2. The number of anilines is 1. The van der Waals surface area contributed by atoms with Gasteiger partial charge in [0.05, 0.1) is 18.3 Å². The molecule has 0 radical (unpaired) electrons. The standard InChI is InChI=1S/C18H21N9/c1-25-15(10-26-8-6-19-12-26)23-24-17(25)13-3-2-7-27(9-13)18-14-4-5-20-16(14)21-11-22-18/h4-6,8,11-13H,2-3,7,9-10H2,1H3,(H,20,21,22)/t13-/m0/s1. The summed E-state index contributed by atoms with van der Waals surface area (Å²) < 4.78 is 4.13. The van der Waals surface area contributed by atoms with Gasteiger partial charge in [-0.3, -0.25) is 0 Å². The fraction of sp³-hybridized carbons (Fsp3) is 0.389. The Hall–Kier alpha value is -3.23. The molecule has 0 aromatic carbocycles. The molecule has 4 aromatic heterocycles. The van der Waals surface area contributed by atoms with Gasteiger partial charge < -0.3 is 19.0 Å². The molecule has 5 heterocycles. The molecule has 0 unspecified atom stereocenters. The van der Waals surface area contributed by atoms with Crippen molar-refractivity contribution in [1.29, 1.82) is 0 Å². The highest BCUT2D eigenvalue weighted by atomic mass is 15.3. The number of hydrogen-bond acceptors (Lipinski definition) is 6. The van der Waals surface area contributed by atoms with E-state index in [1.54, 1.807) is 18.9 Å². The lowest BCUT2D eigenvalue weighted by Gasteiger charge is -2.33. The van der Waals surface area contributed by atoms with Crippen LogP contribution in [0.4, 0.5) is 5.82 Å². The summed E-state index contributed by atoms with van der Waals surface area (Å²) in [4.78, 5) is 18.4. The van der Waals surface area contributed by atoms with Gasteiger partial charge in [-0.15, -0.1) is 10.2 Å². The predicted octanol–water partition coefficient (Wildman–Crippen LogP) is 1.72. The third-order valence-corrected chi connectivity index (χ3v) is 5.30. The Kier molecular flexibility index (Phi) is 3.84. The molecule has 27 heavy (non-hydrogen) atoms. The van der Waals surface area contributed by atoms with Crippen molar-refractivity contribution in [1.82, 2.24) is 39.3 Å². The molecule has 0 saturated carbocycles. The third kappa shape index (κ3) is 2.84. The minimum Gasteiger partial charge on any atom is -0.355 e. The first-order valence-corrected chi connectivity index (χ1v) is 9.16. The number of imidazole rings is 1. The molecule has 1 saturated heterocycles. The lowest BCUT2D eigenvalue weighted by atomic mass is 9.97. The van der Waals surface area contributed by atoms with Gasteiger partial charge in [-0.1, -0.05) is 0 Å². The molecule has 1 atom stereocenters. The van der Waals surface area contributed by atoms with E-state index in [4.69, 9.17) is 0 Å². The normalized spacial score (nSPS) is 17.7. The van der Waals surface area contributed by atoms with Crippen LogP contribution in [0.1, 0.15) is 30.4 Å². The van der Waals surface area contributed by atoms with Gasteiger partial charge in [0, 0.05) is 44.6 Å². The minimum absolute atomic E-state index is 0.330. The number of piperidine rings is 1. The zero-order valence-electron chi connectivity index (χ0n) is 15.2. The summed E-state index contributed by atoms with van der Waals surface area (Å²) in [5, 5.41) is 10.0. The number of hydrogen-bond donors (Lipinski definition) is 1. The van der Waals surface area contributed by atoms with E-state index in [1.807, 2.05) is 23.0 Å². The fourth-order valence-electron chi connectivity index (χ4n) is 3.90. The molecule has 5 rings (SSSR count). The fourth-order valence-corrected chi connectivity index (χ4v) is 3.90. The van der Waals surface area contributed by atoms with Crippen molar-refractivity contribution in [2.45, 2.75) is 25.3 Å². The quantitative estimate of drug-likeness (QED) is 0.593. The topological polar surface area (TPSA) is 93.3 Å². The largest absolute Gasteiger partial charge is 0.355 e. The molecule has 1 N–H and O–H groups in total. The second-order valence-electron chi connectivity index (χ2n) is 6.99. The third-order valence-electron chi connectivity index (χ3n) is 5.30. The Balaban J connectivity index is 1.40. The van der Waals surface area contributed by atoms with E-state index < -0.39 is 0 Å². The molecule has 1 fully saturated rings. The Morgan fingerprint density at radius 2 is 2.22 bits per heavy atom. The first kappa shape index (κ1) is 16.0. The highest BCUT2D eigenvalue weighted by Gasteiger charge is 2.27. The summed E-state index contributed by atoms with van der Waals surface area (Å²) in [5.41, 5.74) is 0.878. The molecule has 4 aromatic rings. The van der Waals surface area contributed by atoms with E-state index >= 15 is 0 Å². The Morgan fingerprint density at radius 1 is 1.26 bits per heavy atom. The van der Waals surface area contributed by atoms with Crippen molar-refractivity contribution in [3.8, 4) is 0 Å². The number of H-pyrrole nitrogens is 1. The summed E-state index contributed by atoms with van der Waals surface area (Å²) in [7, 11) is 2.05. The molecule has 0 aliphatic carbocycles. The van der Waals surface area contributed by atoms with Crippen LogP contribution in [-0.2, 0) is 13.6 Å². The number of fused-ring (bicyclic) bond motifs is 1. The summed E-state index contributed by atoms with van der Waals surface area (Å²) in [6.45, 7) is 2.55. The van der Waals surface area contributed by atoms with Crippen LogP contribution in [0.15, 0.2) is 37.3 Å². The summed E-state index contributed by atoms with van der Waals surface area (Å²) >= 11 is 0. The van der Waals surface area contributed by atoms with Gasteiger partial charge in [-0.05, 0) is 18.9 Å². The number of aromatic amines is 1. The molecule has 1 aliphatic rings. The average molecular weight is 363 g/mol. The van der Waals surface area contributed by atoms with Crippen LogP contribution in [-0.4, -0.2) is 52.4 Å². The average Bonchev–Trinajstić information content (AvgIpc) is 3.44. The highest BCUT2D eigenvalue weighted by Crippen LogP contribution is 2.31. The summed E-state index contributed by atoms with van der Waals surface area (Å²) in [6, 6.07) is 2.04. The van der Waals surface area contributed by atoms with E-state index in [2.05, 4.69) is 46.6 Å². The van der Waals surface area contributed by atoms with Gasteiger partial charge in [-0.25, -0.2) is 15.0 Å². The maximum Gasteiger partial charge on any atom is 0.152 e. The molecule has 1 aliphatic heterocycles. The molecule has 0 bridgehead atoms. The number of rotatable bonds is 4. The maximum atomic E-state index is 4.55. The lowest BCUT2D eigenvalue weighted by molar-refractivity contribution is 0.476. The molecular weight excluding hydrogens is 342 g/mol. The second-order valence-corrected chi connectivity index (χ2v) is 6.99. The smallest absolute Gasteiger partial charge is 0.152 e. The SMILES string of the molecule is Cn1c(Cn2ccnc2)nnc1[C@H]1CCCN(c2ncnc3[nH]ccc23)C1. The van der Waals surface area contributed by atoms with Gasteiger partial charge >= 0.3 is 0 Å². The van der Waals surface area contributed by atoms with E-state index in [0.29, 0.717) is 12.5 Å². The van der Waals surface area contributed by atoms with Gasteiger partial charge in [0.25, 0.3) is 0 Å². The monoisotopic (exact) mass is 363 g/mol. The van der Waals surface area contributed by atoms with Crippen LogP contribution in [0, 0.1) is 0 Å². The van der Waals surface area contributed by atoms with Crippen LogP contribution in [0.25, 0.3) is 11.0 Å². The van der Waals surface area contributed by atoms with Crippen molar-refractivity contribution < 1.29 is 0 Å². The highest BCUT2D eigenvalue weighted by molar-refractivity contribution is 5.87. The van der Waals surface area contributed by atoms with Crippen LogP contribution in [0.5, 0.6) is 0 Å². The van der Waals surface area contributed by atoms with E-state index in [1.165, 1.54) is 0 Å². The number of nitrogens with zero attached hydrogens (tertiary/aromatic N) is 8. The van der Waals surface area contributed by atoms with Crippen LogP contribution in [0.2, 0.25) is 0 Å². The zero-order valence-corrected chi connectivity index (χ0v) is 15.2. The molecule has 9 heteroatoms. The molecule has 9 nitrogen and oxygen atoms in total. The lowest BCUT2D eigenvalue weighted by Crippen LogP contribution is -2.36. The number of aromatic nitrogens is 8. The first-order valence-electron chi connectivity index (χ1n) is 9.16. The van der Waals surface area contributed by atoms with Crippen molar-refractivity contribution >= 4 is 16.9 Å². The van der Waals surface area contributed by atoms with Gasteiger partial charge in [-0.2, -0.15) is 0 Å². The predicted molar refractivity (Wildman–Crippen MR) is 100 cm³/mol. The Morgan fingerprint density at radius 3 is 3.11 bits per heavy atom. The Bertz CT molecular complexity index is 1050. The summed E-state index contributed by atoms with van der Waals surface area (Å²) in [6.07, 6.45) is 11.3. The van der Waals surface area contributed by atoms with Crippen molar-refractivity contribution in [3.05, 3.63) is 49.0 Å². The van der Waals surface area contributed by atoms with Crippen molar-refractivity contribution in [2.24, 2.45) is 7.05 Å². The maximum absolute atomic E-state index is 4.55. The molecule has 0 spiro atoms. The summed E-state index contributed by atoms with van der Waals surface area (Å²) in [5.74, 6) is 3.30. The molecular formula is C18H21N9. The van der Waals surface area contributed by atoms with Crippen LogP contribution in [0.3, 0.4) is 0 Å². The first-order chi connectivity index (χ1) is 13.3. The molecule has 0 amide bonds. The van der Waals surface area contributed by atoms with Gasteiger partial charge in [0.15, 0.2) is 5.82 Å². The van der Waals surface area contributed by atoms with E-state index in [0.717, 1.165) is 54.4 Å². The van der Waals surface area contributed by atoms with Crippen molar-refractivity contribution in [3.63, 3.8) is 0 Å². The van der Waals surface area contributed by atoms with Crippen LogP contribution >= 0.6 is 0 Å². The number of nitrogens with one attached hydrogen (secondary N) is 1. The minimum atomic E-state index is 0.330. The van der Waals surface area contributed by atoms with Crippen LogP contribution < -0.4 is 4.90 Å². The van der Waals surface area contributed by atoms with Crippen molar-refractivity contribution in [2.75, 3.05) is 18.0 Å². The molecule has 138 valence electrons. The van der Waals surface area contributed by atoms with E-state index in [-0.39, 0.29) is 0 Å². The van der Waals surface area contributed by atoms with E-state index in [9.17, 15) is 0 Å². The second kappa shape index (κ2) is 6.49.